The monoisotopic (exact) mass is 366 g/mol. The fraction of sp³-hybridized carbons (Fsp3) is 0.333. The molecular weight excluding hydrogens is 340 g/mol. The summed E-state index contributed by atoms with van der Waals surface area (Å²) < 4.78 is 7.06. The number of ether oxygens (including phenoxy) is 1. The van der Waals surface area contributed by atoms with E-state index in [0.29, 0.717) is 6.54 Å². The highest BCUT2D eigenvalue weighted by Crippen LogP contribution is 2.22. The predicted molar refractivity (Wildman–Crippen MR) is 105 cm³/mol. The van der Waals surface area contributed by atoms with Crippen molar-refractivity contribution in [2.45, 2.75) is 32.0 Å². The van der Waals surface area contributed by atoms with Gasteiger partial charge in [0, 0.05) is 19.1 Å². The molecule has 0 fully saturated rings. The molecule has 0 saturated heterocycles. The Labute approximate surface area is 159 Å². The third-order valence-electron chi connectivity index (χ3n) is 4.63. The van der Waals surface area contributed by atoms with E-state index in [0.717, 1.165) is 24.3 Å². The lowest BCUT2D eigenvalue weighted by Crippen LogP contribution is -2.27. The molecule has 0 unspecified atom stereocenters. The first-order valence-electron chi connectivity index (χ1n) is 9.10. The van der Waals surface area contributed by atoms with Crippen LogP contribution < -0.4 is 10.1 Å². The van der Waals surface area contributed by atoms with E-state index in [-0.39, 0.29) is 6.04 Å². The zero-order valence-corrected chi connectivity index (χ0v) is 15.7. The van der Waals surface area contributed by atoms with Crippen molar-refractivity contribution >= 4 is 0 Å². The van der Waals surface area contributed by atoms with Gasteiger partial charge in [0.25, 0.3) is 0 Å². The minimum Gasteiger partial charge on any atom is -0.497 e. The standard InChI is InChI=1S/C21H26N4O2/c1-16-6-8-17(9-7-16)20(10-11-25-15-22-14-24-25)23-13-21(26)18-4-3-5-19(12-18)27-2/h3-9,12,14-15,20-21,23,26H,10-11,13H2,1-2H3/t20-,21-/m1/s1. The van der Waals surface area contributed by atoms with Crippen LogP contribution in [0.5, 0.6) is 5.75 Å². The summed E-state index contributed by atoms with van der Waals surface area (Å²) in [6.45, 7) is 3.28. The number of methoxy groups -OCH3 is 1. The van der Waals surface area contributed by atoms with Gasteiger partial charge in [0.2, 0.25) is 0 Å². The maximum absolute atomic E-state index is 10.6. The van der Waals surface area contributed by atoms with Crippen molar-refractivity contribution in [2.24, 2.45) is 0 Å². The molecule has 2 N–H and O–H groups in total. The van der Waals surface area contributed by atoms with Gasteiger partial charge in [-0.2, -0.15) is 5.10 Å². The number of benzene rings is 2. The minimum absolute atomic E-state index is 0.107. The summed E-state index contributed by atoms with van der Waals surface area (Å²) in [5, 5.41) is 18.3. The molecule has 1 aromatic heterocycles. The predicted octanol–water partition coefficient (Wildman–Crippen LogP) is 3.05. The van der Waals surface area contributed by atoms with E-state index in [2.05, 4.69) is 46.6 Å². The average Bonchev–Trinajstić information content (AvgIpc) is 3.22. The second-order valence-corrected chi connectivity index (χ2v) is 6.61. The Balaban J connectivity index is 1.67. The van der Waals surface area contributed by atoms with Crippen LogP contribution in [0.3, 0.4) is 0 Å². The van der Waals surface area contributed by atoms with E-state index in [1.165, 1.54) is 11.1 Å². The smallest absolute Gasteiger partial charge is 0.137 e. The fourth-order valence-electron chi connectivity index (χ4n) is 3.02. The molecule has 2 aromatic carbocycles. The molecule has 1 heterocycles. The molecule has 0 spiro atoms. The first-order chi connectivity index (χ1) is 13.2. The molecule has 142 valence electrons. The Kier molecular flexibility index (Phi) is 6.57. The summed E-state index contributed by atoms with van der Waals surface area (Å²) in [4.78, 5) is 3.99. The maximum atomic E-state index is 10.6. The van der Waals surface area contributed by atoms with Gasteiger partial charge in [0.05, 0.1) is 13.2 Å². The maximum Gasteiger partial charge on any atom is 0.137 e. The van der Waals surface area contributed by atoms with Crippen LogP contribution in [0.1, 0.15) is 35.3 Å². The van der Waals surface area contributed by atoms with Crippen LogP contribution in [0.15, 0.2) is 61.2 Å². The highest BCUT2D eigenvalue weighted by atomic mass is 16.5. The molecule has 0 radical (unpaired) electrons. The number of aryl methyl sites for hydroxylation is 2. The fourth-order valence-corrected chi connectivity index (χ4v) is 3.02. The van der Waals surface area contributed by atoms with E-state index >= 15 is 0 Å². The number of aliphatic hydroxyl groups is 1. The summed E-state index contributed by atoms with van der Waals surface area (Å²) >= 11 is 0. The van der Waals surface area contributed by atoms with Gasteiger partial charge in [-0.3, -0.25) is 4.68 Å². The van der Waals surface area contributed by atoms with Crippen molar-refractivity contribution in [1.29, 1.82) is 0 Å². The molecule has 6 heteroatoms. The largest absolute Gasteiger partial charge is 0.497 e. The first kappa shape index (κ1) is 19.1. The number of nitrogens with zero attached hydrogens (tertiary/aromatic N) is 3. The van der Waals surface area contributed by atoms with E-state index < -0.39 is 6.10 Å². The van der Waals surface area contributed by atoms with Gasteiger partial charge >= 0.3 is 0 Å². The van der Waals surface area contributed by atoms with Gasteiger partial charge in [-0.05, 0) is 36.6 Å². The van der Waals surface area contributed by atoms with Crippen LogP contribution in [0, 0.1) is 6.92 Å². The van der Waals surface area contributed by atoms with E-state index in [4.69, 9.17) is 4.74 Å². The number of hydrogen-bond acceptors (Lipinski definition) is 5. The summed E-state index contributed by atoms with van der Waals surface area (Å²) in [6.07, 6.45) is 3.49. The normalized spacial score (nSPS) is 13.3. The summed E-state index contributed by atoms with van der Waals surface area (Å²) in [5.41, 5.74) is 3.25. The van der Waals surface area contributed by atoms with Crippen molar-refractivity contribution in [3.8, 4) is 5.75 Å². The molecule has 27 heavy (non-hydrogen) atoms. The van der Waals surface area contributed by atoms with E-state index in [1.807, 2.05) is 28.9 Å². The molecule has 6 nitrogen and oxygen atoms in total. The third kappa shape index (κ3) is 5.39. The van der Waals surface area contributed by atoms with E-state index in [1.54, 1.807) is 19.8 Å². The van der Waals surface area contributed by atoms with Crippen LogP contribution in [0.4, 0.5) is 0 Å². The second kappa shape index (κ2) is 9.30. The number of rotatable bonds is 9. The lowest BCUT2D eigenvalue weighted by Gasteiger charge is -2.22. The summed E-state index contributed by atoms with van der Waals surface area (Å²) in [5.74, 6) is 0.743. The van der Waals surface area contributed by atoms with Gasteiger partial charge in [-0.15, -0.1) is 0 Å². The number of aliphatic hydroxyl groups excluding tert-OH is 1. The molecule has 0 bridgehead atoms. The molecule has 0 amide bonds. The molecular formula is C21H26N4O2. The Morgan fingerprint density at radius 3 is 2.67 bits per heavy atom. The quantitative estimate of drug-likeness (QED) is 0.609. The molecule has 0 aliphatic heterocycles. The van der Waals surface area contributed by atoms with Crippen molar-refractivity contribution < 1.29 is 9.84 Å². The topological polar surface area (TPSA) is 72.2 Å². The van der Waals surface area contributed by atoms with E-state index in [9.17, 15) is 5.11 Å². The van der Waals surface area contributed by atoms with Crippen LogP contribution >= 0.6 is 0 Å². The van der Waals surface area contributed by atoms with Crippen molar-refractivity contribution in [3.05, 3.63) is 77.9 Å². The Morgan fingerprint density at radius 2 is 1.96 bits per heavy atom. The molecule has 3 rings (SSSR count). The number of nitrogens with one attached hydrogen (secondary N) is 1. The molecule has 0 saturated carbocycles. The Hall–Kier alpha value is -2.70. The van der Waals surface area contributed by atoms with Crippen LogP contribution in [0.25, 0.3) is 0 Å². The zero-order chi connectivity index (χ0) is 19.1. The van der Waals surface area contributed by atoms with Crippen molar-refractivity contribution in [2.75, 3.05) is 13.7 Å². The van der Waals surface area contributed by atoms with Gasteiger partial charge < -0.3 is 15.2 Å². The van der Waals surface area contributed by atoms with Crippen molar-refractivity contribution in [1.82, 2.24) is 20.1 Å². The minimum atomic E-state index is -0.612. The lowest BCUT2D eigenvalue weighted by atomic mass is 10.0. The number of hydrogen-bond donors (Lipinski definition) is 2. The average molecular weight is 366 g/mol. The zero-order valence-electron chi connectivity index (χ0n) is 15.7. The summed E-state index contributed by atoms with van der Waals surface area (Å²) in [7, 11) is 1.63. The van der Waals surface area contributed by atoms with Crippen LogP contribution in [0.2, 0.25) is 0 Å². The molecule has 2 atom stereocenters. The molecule has 0 aliphatic carbocycles. The first-order valence-corrected chi connectivity index (χ1v) is 9.10. The Morgan fingerprint density at radius 1 is 1.15 bits per heavy atom. The van der Waals surface area contributed by atoms with Gasteiger partial charge in [-0.1, -0.05) is 42.0 Å². The molecule has 3 aromatic rings. The van der Waals surface area contributed by atoms with Gasteiger partial charge in [-0.25, -0.2) is 4.98 Å². The van der Waals surface area contributed by atoms with Crippen LogP contribution in [-0.2, 0) is 6.54 Å². The third-order valence-corrected chi connectivity index (χ3v) is 4.63. The second-order valence-electron chi connectivity index (χ2n) is 6.61. The SMILES string of the molecule is COc1cccc([C@H](O)CN[C@H](CCn2cncn2)c2ccc(C)cc2)c1. The van der Waals surface area contributed by atoms with Gasteiger partial charge in [0.1, 0.15) is 18.4 Å². The highest BCUT2D eigenvalue weighted by Gasteiger charge is 2.15. The summed E-state index contributed by atoms with van der Waals surface area (Å²) in [6, 6.07) is 16.1. The Bertz CT molecular complexity index is 818. The van der Waals surface area contributed by atoms with Crippen LogP contribution in [-0.4, -0.2) is 33.5 Å². The number of aromatic nitrogens is 3. The lowest BCUT2D eigenvalue weighted by molar-refractivity contribution is 0.168. The van der Waals surface area contributed by atoms with Gasteiger partial charge in [0.15, 0.2) is 0 Å². The molecule has 0 aliphatic rings. The highest BCUT2D eigenvalue weighted by molar-refractivity contribution is 5.30. The van der Waals surface area contributed by atoms with Crippen molar-refractivity contribution in [3.63, 3.8) is 0 Å².